The highest BCUT2D eigenvalue weighted by atomic mass is 35.5. The first kappa shape index (κ1) is 18.4. The Morgan fingerprint density at radius 2 is 1.88 bits per heavy atom. The zero-order valence-corrected chi connectivity index (χ0v) is 15.6. The van der Waals surface area contributed by atoms with E-state index in [1.807, 2.05) is 0 Å². The van der Waals surface area contributed by atoms with E-state index in [9.17, 15) is 9.59 Å². The highest BCUT2D eigenvalue weighted by Gasteiger charge is 2.41. The summed E-state index contributed by atoms with van der Waals surface area (Å²) < 4.78 is 10.4. The van der Waals surface area contributed by atoms with E-state index in [2.05, 4.69) is 5.32 Å². The van der Waals surface area contributed by atoms with Crippen LogP contribution in [0.1, 0.15) is 6.42 Å². The van der Waals surface area contributed by atoms with Crippen molar-refractivity contribution < 1.29 is 19.1 Å². The molecule has 0 spiro atoms. The molecule has 0 aliphatic carbocycles. The summed E-state index contributed by atoms with van der Waals surface area (Å²) in [5.74, 6) is 0.196. The molecular formula is C18H16Cl2N2O4. The van der Waals surface area contributed by atoms with Gasteiger partial charge in [-0.3, -0.25) is 9.59 Å². The second-order valence-corrected chi connectivity index (χ2v) is 6.39. The molecule has 0 bridgehead atoms. The van der Waals surface area contributed by atoms with E-state index in [0.29, 0.717) is 32.9 Å². The van der Waals surface area contributed by atoms with Gasteiger partial charge in [0, 0.05) is 6.07 Å². The van der Waals surface area contributed by atoms with Crippen molar-refractivity contribution in [2.24, 2.45) is 0 Å². The summed E-state index contributed by atoms with van der Waals surface area (Å²) >= 11 is 12.1. The summed E-state index contributed by atoms with van der Waals surface area (Å²) in [5.41, 5.74) is 0.860. The van der Waals surface area contributed by atoms with Gasteiger partial charge >= 0.3 is 0 Å². The molecular weight excluding hydrogens is 379 g/mol. The maximum Gasteiger partial charge on any atom is 0.256 e. The van der Waals surface area contributed by atoms with Crippen molar-refractivity contribution in [1.82, 2.24) is 0 Å². The fourth-order valence-electron chi connectivity index (χ4n) is 2.77. The molecule has 3 rings (SSSR count). The van der Waals surface area contributed by atoms with Crippen LogP contribution in [0.4, 0.5) is 11.4 Å². The number of carbonyl (C=O) groups excluding carboxylic acids is 2. The van der Waals surface area contributed by atoms with Gasteiger partial charge in [0.15, 0.2) is 0 Å². The number of amides is 2. The Hall–Kier alpha value is -2.44. The molecule has 1 atom stereocenters. The molecule has 1 aliphatic rings. The molecule has 2 aromatic rings. The van der Waals surface area contributed by atoms with Crippen molar-refractivity contribution in [2.45, 2.75) is 12.5 Å². The van der Waals surface area contributed by atoms with Crippen LogP contribution in [0, 0.1) is 0 Å². The molecule has 1 aliphatic heterocycles. The molecule has 6 nitrogen and oxygen atoms in total. The largest absolute Gasteiger partial charge is 0.497 e. The minimum absolute atomic E-state index is 0.00312. The maximum atomic E-state index is 12.8. The average Bonchev–Trinajstić information content (AvgIpc) is 2.91. The van der Waals surface area contributed by atoms with Gasteiger partial charge in [0.2, 0.25) is 5.91 Å². The van der Waals surface area contributed by atoms with Crippen molar-refractivity contribution in [3.05, 3.63) is 46.4 Å². The number of benzene rings is 2. The number of methoxy groups -OCH3 is 2. The zero-order chi connectivity index (χ0) is 18.8. The number of ether oxygens (including phenoxy) is 2. The van der Waals surface area contributed by atoms with Gasteiger partial charge in [-0.05, 0) is 24.3 Å². The quantitative estimate of drug-likeness (QED) is 0.781. The first-order valence-electron chi connectivity index (χ1n) is 7.75. The van der Waals surface area contributed by atoms with E-state index in [4.69, 9.17) is 32.7 Å². The van der Waals surface area contributed by atoms with Crippen molar-refractivity contribution in [3.8, 4) is 11.5 Å². The third-order valence-electron chi connectivity index (χ3n) is 4.06. The smallest absolute Gasteiger partial charge is 0.256 e. The molecule has 8 heteroatoms. The SMILES string of the molecule is COc1ccc(N2C(=O)C[C@@H](Nc3cccc(Cl)c3Cl)C2=O)c(OC)c1. The van der Waals surface area contributed by atoms with E-state index in [-0.39, 0.29) is 12.3 Å². The Kier molecular flexibility index (Phi) is 5.25. The molecule has 0 aromatic heterocycles. The van der Waals surface area contributed by atoms with Crippen molar-refractivity contribution in [1.29, 1.82) is 0 Å². The molecule has 2 amide bonds. The first-order chi connectivity index (χ1) is 12.5. The van der Waals surface area contributed by atoms with Crippen LogP contribution in [-0.2, 0) is 9.59 Å². The normalized spacial score (nSPS) is 16.8. The van der Waals surface area contributed by atoms with E-state index in [1.165, 1.54) is 14.2 Å². The number of imide groups is 1. The Bertz CT molecular complexity index is 872. The lowest BCUT2D eigenvalue weighted by Gasteiger charge is -2.19. The number of carbonyl (C=O) groups is 2. The molecule has 1 fully saturated rings. The predicted octanol–water partition coefficient (Wildman–Crippen LogP) is 3.75. The molecule has 1 N–H and O–H groups in total. The van der Waals surface area contributed by atoms with Crippen LogP contribution in [0.3, 0.4) is 0 Å². The van der Waals surface area contributed by atoms with Gasteiger partial charge in [-0.15, -0.1) is 0 Å². The van der Waals surface area contributed by atoms with Gasteiger partial charge in [-0.25, -0.2) is 4.90 Å². The van der Waals surface area contributed by atoms with Crippen LogP contribution in [0.5, 0.6) is 11.5 Å². The average molecular weight is 395 g/mol. The van der Waals surface area contributed by atoms with Crippen LogP contribution in [0.15, 0.2) is 36.4 Å². The Morgan fingerprint density at radius 1 is 1.12 bits per heavy atom. The Balaban J connectivity index is 1.89. The van der Waals surface area contributed by atoms with Gasteiger partial charge < -0.3 is 14.8 Å². The fraction of sp³-hybridized carbons (Fsp3) is 0.222. The van der Waals surface area contributed by atoms with E-state index < -0.39 is 11.9 Å². The summed E-state index contributed by atoms with van der Waals surface area (Å²) in [6, 6.07) is 9.19. The molecule has 1 heterocycles. The maximum absolute atomic E-state index is 12.8. The van der Waals surface area contributed by atoms with E-state index in [1.54, 1.807) is 36.4 Å². The van der Waals surface area contributed by atoms with Crippen LogP contribution in [-0.4, -0.2) is 32.1 Å². The summed E-state index contributed by atoms with van der Waals surface area (Å²) in [4.78, 5) is 26.4. The van der Waals surface area contributed by atoms with Crippen LogP contribution < -0.4 is 19.7 Å². The molecule has 0 radical (unpaired) electrons. The van der Waals surface area contributed by atoms with Crippen LogP contribution in [0.2, 0.25) is 10.0 Å². The lowest BCUT2D eigenvalue weighted by Crippen LogP contribution is -2.35. The minimum atomic E-state index is -0.745. The van der Waals surface area contributed by atoms with Gasteiger partial charge in [0.05, 0.1) is 42.1 Å². The molecule has 0 saturated carbocycles. The summed E-state index contributed by atoms with van der Waals surface area (Å²) in [6.07, 6.45) is -0.00312. The predicted molar refractivity (Wildman–Crippen MR) is 101 cm³/mol. The van der Waals surface area contributed by atoms with Gasteiger partial charge in [-0.1, -0.05) is 29.3 Å². The molecule has 136 valence electrons. The number of hydrogen-bond donors (Lipinski definition) is 1. The number of nitrogens with one attached hydrogen (secondary N) is 1. The number of rotatable bonds is 5. The number of halogens is 2. The minimum Gasteiger partial charge on any atom is -0.497 e. The van der Waals surface area contributed by atoms with Crippen LogP contribution >= 0.6 is 23.2 Å². The highest BCUT2D eigenvalue weighted by Crippen LogP contribution is 2.36. The summed E-state index contributed by atoms with van der Waals surface area (Å²) in [6.45, 7) is 0. The molecule has 2 aromatic carbocycles. The zero-order valence-electron chi connectivity index (χ0n) is 14.1. The fourth-order valence-corrected chi connectivity index (χ4v) is 3.13. The van der Waals surface area contributed by atoms with Gasteiger partial charge in [0.25, 0.3) is 5.91 Å². The monoisotopic (exact) mass is 394 g/mol. The second kappa shape index (κ2) is 7.43. The highest BCUT2D eigenvalue weighted by molar-refractivity contribution is 6.43. The topological polar surface area (TPSA) is 67.9 Å². The number of hydrogen-bond acceptors (Lipinski definition) is 5. The van der Waals surface area contributed by atoms with Crippen molar-refractivity contribution in [2.75, 3.05) is 24.4 Å². The molecule has 0 unspecified atom stereocenters. The van der Waals surface area contributed by atoms with E-state index >= 15 is 0 Å². The first-order valence-corrected chi connectivity index (χ1v) is 8.51. The van der Waals surface area contributed by atoms with Crippen molar-refractivity contribution in [3.63, 3.8) is 0 Å². The standard InChI is InChI=1S/C18H16Cl2N2O4/c1-25-10-6-7-14(15(8-10)26-2)22-16(23)9-13(18(22)24)21-12-5-3-4-11(19)17(12)20/h3-8,13,21H,9H2,1-2H3/t13-/m1/s1. The number of nitrogens with zero attached hydrogens (tertiary/aromatic N) is 1. The Morgan fingerprint density at radius 3 is 2.58 bits per heavy atom. The Labute approximate surface area is 160 Å². The summed E-state index contributed by atoms with van der Waals surface area (Å²) in [5, 5.41) is 3.66. The third-order valence-corrected chi connectivity index (χ3v) is 4.87. The van der Waals surface area contributed by atoms with E-state index in [0.717, 1.165) is 4.90 Å². The van der Waals surface area contributed by atoms with Gasteiger partial charge in [-0.2, -0.15) is 0 Å². The van der Waals surface area contributed by atoms with Gasteiger partial charge in [0.1, 0.15) is 17.5 Å². The lowest BCUT2D eigenvalue weighted by atomic mass is 10.2. The van der Waals surface area contributed by atoms with Crippen LogP contribution in [0.25, 0.3) is 0 Å². The number of anilines is 2. The lowest BCUT2D eigenvalue weighted by molar-refractivity contribution is -0.121. The summed E-state index contributed by atoms with van der Waals surface area (Å²) in [7, 11) is 2.99. The molecule has 1 saturated heterocycles. The molecule has 26 heavy (non-hydrogen) atoms. The third kappa shape index (κ3) is 3.30. The van der Waals surface area contributed by atoms with Crippen molar-refractivity contribution >= 4 is 46.4 Å². The second-order valence-electron chi connectivity index (χ2n) is 5.61.